The lowest BCUT2D eigenvalue weighted by atomic mass is 9.75. The van der Waals surface area contributed by atoms with E-state index in [9.17, 15) is 27.2 Å². The molecule has 8 heteroatoms. The molecule has 1 saturated carbocycles. The van der Waals surface area contributed by atoms with Gasteiger partial charge in [0, 0.05) is 12.1 Å². The van der Waals surface area contributed by atoms with Crippen LogP contribution in [0.1, 0.15) is 30.7 Å². The number of rotatable bonds is 2. The summed E-state index contributed by atoms with van der Waals surface area (Å²) >= 11 is 0. The summed E-state index contributed by atoms with van der Waals surface area (Å²) in [5.41, 5.74) is -0.253. The molecule has 2 aromatic rings. The Hall–Kier alpha value is -2.90. The number of halogens is 4. The number of hydrogen-bond donors (Lipinski definition) is 0. The molecule has 28 heavy (non-hydrogen) atoms. The molecule has 0 aromatic heterocycles. The molecule has 3 unspecified atom stereocenters. The summed E-state index contributed by atoms with van der Waals surface area (Å²) in [6, 6.07) is 5.68. The molecule has 2 aromatic carbocycles. The van der Waals surface area contributed by atoms with Crippen LogP contribution >= 0.6 is 0 Å². The molecule has 146 valence electrons. The van der Waals surface area contributed by atoms with Crippen LogP contribution in [0.5, 0.6) is 0 Å². The summed E-state index contributed by atoms with van der Waals surface area (Å²) in [6.07, 6.45) is -0.885. The molecule has 0 radical (unpaired) electrons. The third-order valence-corrected chi connectivity index (χ3v) is 5.31. The highest BCUT2D eigenvalue weighted by Gasteiger charge is 2.47. The van der Waals surface area contributed by atoms with Gasteiger partial charge in [-0.15, -0.1) is 0 Å². The lowest BCUT2D eigenvalue weighted by Crippen LogP contribution is -2.54. The zero-order chi connectivity index (χ0) is 20.0. The summed E-state index contributed by atoms with van der Waals surface area (Å²) in [6.45, 7) is 0. The first kappa shape index (κ1) is 18.5. The maximum Gasteiger partial charge on any atom is 0.421 e. The predicted molar refractivity (Wildman–Crippen MR) is 90.6 cm³/mol. The third-order valence-electron chi connectivity index (χ3n) is 5.31. The van der Waals surface area contributed by atoms with E-state index < -0.39 is 53.0 Å². The van der Waals surface area contributed by atoms with Gasteiger partial charge >= 0.3 is 6.09 Å². The van der Waals surface area contributed by atoms with Gasteiger partial charge < -0.3 is 4.74 Å². The zero-order valence-electron chi connectivity index (χ0n) is 14.5. The number of carbonyl (C=O) groups excluding carboxylic acids is 2. The van der Waals surface area contributed by atoms with Crippen molar-refractivity contribution in [3.8, 4) is 0 Å². The number of imide groups is 1. The molecular weight excluding hydrogens is 378 g/mol. The summed E-state index contributed by atoms with van der Waals surface area (Å²) < 4.78 is 60.2. The second-order valence-corrected chi connectivity index (χ2v) is 6.97. The SMILES string of the molecule is O=C1OC2CCC(c3ccc(F)cc3F)CC2C(=O)N1c1cc(F)ccc1F. The van der Waals surface area contributed by atoms with Crippen molar-refractivity contribution in [1.29, 1.82) is 0 Å². The Labute approximate surface area is 157 Å². The maximum atomic E-state index is 14.1. The van der Waals surface area contributed by atoms with Crippen molar-refractivity contribution < 1.29 is 31.9 Å². The summed E-state index contributed by atoms with van der Waals surface area (Å²) in [4.78, 5) is 25.7. The molecule has 1 heterocycles. The van der Waals surface area contributed by atoms with Crippen molar-refractivity contribution in [2.24, 2.45) is 5.92 Å². The average molecular weight is 393 g/mol. The largest absolute Gasteiger partial charge is 0.445 e. The summed E-state index contributed by atoms with van der Waals surface area (Å²) in [7, 11) is 0. The Bertz CT molecular complexity index is 964. The molecule has 2 aliphatic rings. The van der Waals surface area contributed by atoms with Crippen LogP contribution in [0, 0.1) is 29.2 Å². The molecular formula is C20H15F4NO3. The minimum absolute atomic E-state index is 0.146. The number of nitrogens with zero attached hydrogens (tertiary/aromatic N) is 1. The van der Waals surface area contributed by atoms with Gasteiger partial charge in [-0.2, -0.15) is 0 Å². The molecule has 0 bridgehead atoms. The lowest BCUT2D eigenvalue weighted by Gasteiger charge is -2.41. The molecule has 1 aliphatic carbocycles. The standard InChI is InChI=1S/C20H15F4NO3/c21-11-2-4-13(16(24)8-11)10-1-6-18-14(7-10)19(26)25(20(27)28-18)17-9-12(22)3-5-15(17)23/h2-5,8-10,14,18H,1,6-7H2. The van der Waals surface area contributed by atoms with Gasteiger partial charge in [0.05, 0.1) is 11.6 Å². The van der Waals surface area contributed by atoms with Crippen LogP contribution in [0.3, 0.4) is 0 Å². The van der Waals surface area contributed by atoms with E-state index in [1.165, 1.54) is 6.07 Å². The van der Waals surface area contributed by atoms with E-state index >= 15 is 0 Å². The fourth-order valence-electron chi connectivity index (χ4n) is 3.97. The maximum absolute atomic E-state index is 14.1. The molecule has 2 fully saturated rings. The van der Waals surface area contributed by atoms with E-state index in [1.54, 1.807) is 0 Å². The number of carbonyl (C=O) groups is 2. The number of ether oxygens (including phenoxy) is 1. The number of benzene rings is 2. The van der Waals surface area contributed by atoms with Gasteiger partial charge in [0.15, 0.2) is 0 Å². The Morgan fingerprint density at radius 1 is 0.893 bits per heavy atom. The second kappa shape index (κ2) is 6.92. The van der Waals surface area contributed by atoms with Crippen molar-refractivity contribution in [1.82, 2.24) is 0 Å². The van der Waals surface area contributed by atoms with E-state index in [2.05, 4.69) is 0 Å². The number of anilines is 1. The van der Waals surface area contributed by atoms with Crippen molar-refractivity contribution in [3.05, 3.63) is 65.2 Å². The average Bonchev–Trinajstić information content (AvgIpc) is 2.64. The molecule has 0 spiro atoms. The van der Waals surface area contributed by atoms with E-state index in [-0.39, 0.29) is 17.9 Å². The van der Waals surface area contributed by atoms with Gasteiger partial charge in [-0.05, 0) is 48.9 Å². The molecule has 3 atom stereocenters. The Morgan fingerprint density at radius 2 is 1.61 bits per heavy atom. The van der Waals surface area contributed by atoms with Crippen molar-refractivity contribution in [3.63, 3.8) is 0 Å². The van der Waals surface area contributed by atoms with Gasteiger partial charge in [-0.25, -0.2) is 27.3 Å². The van der Waals surface area contributed by atoms with Crippen LogP contribution in [0.4, 0.5) is 28.0 Å². The van der Waals surface area contributed by atoms with Crippen LogP contribution in [0.2, 0.25) is 0 Å². The fraction of sp³-hybridized carbons (Fsp3) is 0.300. The van der Waals surface area contributed by atoms with Crippen LogP contribution in [0.25, 0.3) is 0 Å². The number of hydrogen-bond acceptors (Lipinski definition) is 3. The highest BCUT2D eigenvalue weighted by molar-refractivity contribution is 6.14. The molecule has 2 amide bonds. The Balaban J connectivity index is 1.64. The number of fused-ring (bicyclic) bond motifs is 1. The zero-order valence-corrected chi connectivity index (χ0v) is 14.5. The summed E-state index contributed by atoms with van der Waals surface area (Å²) in [5, 5.41) is 0. The molecule has 1 aliphatic heterocycles. The van der Waals surface area contributed by atoms with Crippen LogP contribution < -0.4 is 4.90 Å². The molecule has 0 N–H and O–H groups in total. The first-order valence-corrected chi connectivity index (χ1v) is 8.79. The summed E-state index contributed by atoms with van der Waals surface area (Å²) in [5.74, 6) is -5.11. The number of amides is 2. The topological polar surface area (TPSA) is 46.6 Å². The highest BCUT2D eigenvalue weighted by atomic mass is 19.1. The van der Waals surface area contributed by atoms with Gasteiger partial charge in [-0.1, -0.05) is 6.07 Å². The normalized spacial score (nSPS) is 24.7. The minimum Gasteiger partial charge on any atom is -0.445 e. The van der Waals surface area contributed by atoms with Gasteiger partial charge in [0.1, 0.15) is 29.4 Å². The highest BCUT2D eigenvalue weighted by Crippen LogP contribution is 2.42. The monoisotopic (exact) mass is 393 g/mol. The van der Waals surface area contributed by atoms with Crippen molar-refractivity contribution in [2.75, 3.05) is 4.90 Å². The first-order valence-electron chi connectivity index (χ1n) is 8.79. The van der Waals surface area contributed by atoms with Crippen molar-refractivity contribution in [2.45, 2.75) is 31.3 Å². The Kier molecular flexibility index (Phi) is 4.56. The van der Waals surface area contributed by atoms with E-state index in [0.29, 0.717) is 17.7 Å². The smallest absolute Gasteiger partial charge is 0.421 e. The lowest BCUT2D eigenvalue weighted by molar-refractivity contribution is -0.131. The van der Waals surface area contributed by atoms with Crippen molar-refractivity contribution >= 4 is 17.7 Å². The van der Waals surface area contributed by atoms with Gasteiger partial charge in [-0.3, -0.25) is 4.79 Å². The first-order chi connectivity index (χ1) is 13.3. The predicted octanol–water partition coefficient (Wildman–Crippen LogP) is 4.68. The quantitative estimate of drug-likeness (QED) is 0.696. The fourth-order valence-corrected chi connectivity index (χ4v) is 3.97. The van der Waals surface area contributed by atoms with Crippen LogP contribution in [0.15, 0.2) is 36.4 Å². The van der Waals surface area contributed by atoms with E-state index in [4.69, 9.17) is 4.74 Å². The second-order valence-electron chi connectivity index (χ2n) is 6.97. The molecule has 4 nitrogen and oxygen atoms in total. The third kappa shape index (κ3) is 3.12. The molecule has 4 rings (SSSR count). The molecule has 1 saturated heterocycles. The van der Waals surface area contributed by atoms with Crippen LogP contribution in [-0.4, -0.2) is 18.1 Å². The Morgan fingerprint density at radius 3 is 2.36 bits per heavy atom. The van der Waals surface area contributed by atoms with Crippen LogP contribution in [-0.2, 0) is 9.53 Å². The van der Waals surface area contributed by atoms with Gasteiger partial charge in [0.25, 0.3) is 0 Å². The van der Waals surface area contributed by atoms with E-state index in [1.807, 2.05) is 0 Å². The van der Waals surface area contributed by atoms with E-state index in [0.717, 1.165) is 30.3 Å². The minimum atomic E-state index is -1.07. The van der Waals surface area contributed by atoms with Gasteiger partial charge in [0.2, 0.25) is 5.91 Å².